The molecule has 2 aliphatic heterocycles. The molecule has 4 rings (SSSR count). The van der Waals surface area contributed by atoms with Crippen LogP contribution >= 0.6 is 12.4 Å². The van der Waals surface area contributed by atoms with Crippen molar-refractivity contribution < 1.29 is 36.3 Å². The summed E-state index contributed by atoms with van der Waals surface area (Å²) in [6.07, 6.45) is -4.10. The van der Waals surface area contributed by atoms with Crippen LogP contribution in [0.1, 0.15) is 36.8 Å². The fourth-order valence-corrected chi connectivity index (χ4v) is 7.13. The Hall–Kier alpha value is -2.38. The second-order valence-electron chi connectivity index (χ2n) is 9.44. The number of rotatable bonds is 7. The maximum atomic E-state index is 13.7. The molecule has 8 nitrogen and oxygen atoms in total. The second-order valence-corrected chi connectivity index (χ2v) is 11.7. The Labute approximate surface area is 226 Å². The van der Waals surface area contributed by atoms with E-state index >= 15 is 0 Å². The van der Waals surface area contributed by atoms with Gasteiger partial charge in [-0.15, -0.1) is 12.4 Å². The number of nitrogens with one attached hydrogen (secondary N) is 1. The minimum absolute atomic E-state index is 0. The number of likely N-dealkylation sites (tertiary alicyclic amines) is 1. The number of piperidine rings is 2. The van der Waals surface area contributed by atoms with Gasteiger partial charge in [0.2, 0.25) is 10.0 Å². The van der Waals surface area contributed by atoms with E-state index in [1.807, 2.05) is 30.3 Å². The molecular weight excluding hydrogens is 547 g/mol. The SMILES string of the molecule is Cl.O=C(NO)C1(S(=O)(=O)N2CCC(Oc3ccc(C(F)(F)F)cc3)CC2)CCN(Cc2ccccc2)CC1. The van der Waals surface area contributed by atoms with Gasteiger partial charge in [0, 0.05) is 32.7 Å². The molecule has 210 valence electrons. The summed E-state index contributed by atoms with van der Waals surface area (Å²) in [4.78, 5) is 14.8. The molecule has 2 aromatic carbocycles. The predicted octanol–water partition coefficient (Wildman–Crippen LogP) is 3.84. The normalized spacial score (nSPS) is 19.4. The van der Waals surface area contributed by atoms with Crippen LogP contribution in [0.5, 0.6) is 5.75 Å². The quantitative estimate of drug-likeness (QED) is 0.383. The number of carbonyl (C=O) groups is 1. The number of amides is 1. The van der Waals surface area contributed by atoms with E-state index in [9.17, 15) is 31.6 Å². The lowest BCUT2D eigenvalue weighted by atomic mass is 9.94. The van der Waals surface area contributed by atoms with Crippen LogP contribution in [0.25, 0.3) is 0 Å². The molecule has 13 heteroatoms. The number of ether oxygens (including phenoxy) is 1. The van der Waals surface area contributed by atoms with Crippen molar-refractivity contribution in [3.05, 3.63) is 65.7 Å². The van der Waals surface area contributed by atoms with Gasteiger partial charge in [-0.1, -0.05) is 30.3 Å². The Morgan fingerprint density at radius 2 is 1.58 bits per heavy atom. The average Bonchev–Trinajstić information content (AvgIpc) is 2.89. The van der Waals surface area contributed by atoms with E-state index < -0.39 is 32.4 Å². The van der Waals surface area contributed by atoms with Crippen molar-refractivity contribution in [1.29, 1.82) is 0 Å². The van der Waals surface area contributed by atoms with Crippen LogP contribution in [-0.4, -0.2) is 65.8 Å². The lowest BCUT2D eigenvalue weighted by Crippen LogP contribution is -2.62. The number of hydrogen-bond acceptors (Lipinski definition) is 6. The van der Waals surface area contributed by atoms with Crippen molar-refractivity contribution in [3.8, 4) is 5.75 Å². The molecule has 0 radical (unpaired) electrons. The maximum absolute atomic E-state index is 13.7. The van der Waals surface area contributed by atoms with Crippen molar-refractivity contribution in [2.75, 3.05) is 26.2 Å². The third kappa shape index (κ3) is 6.42. The Bertz CT molecular complexity index is 1170. The smallest absolute Gasteiger partial charge is 0.416 e. The number of hydrogen-bond donors (Lipinski definition) is 2. The molecule has 1 amide bonds. The van der Waals surface area contributed by atoms with Gasteiger partial charge in [-0.3, -0.25) is 14.9 Å². The van der Waals surface area contributed by atoms with Crippen LogP contribution in [0.4, 0.5) is 13.2 Å². The fraction of sp³-hybridized carbons (Fsp3) is 0.480. The Morgan fingerprint density at radius 1 is 1.00 bits per heavy atom. The molecule has 0 unspecified atom stereocenters. The van der Waals surface area contributed by atoms with E-state index in [4.69, 9.17) is 4.74 Å². The summed E-state index contributed by atoms with van der Waals surface area (Å²) < 4.78 is 71.0. The van der Waals surface area contributed by atoms with E-state index in [1.54, 1.807) is 5.48 Å². The van der Waals surface area contributed by atoms with Crippen molar-refractivity contribution in [3.63, 3.8) is 0 Å². The highest BCUT2D eigenvalue weighted by atomic mass is 35.5. The summed E-state index contributed by atoms with van der Waals surface area (Å²) in [5.41, 5.74) is 1.88. The van der Waals surface area contributed by atoms with Gasteiger partial charge in [-0.25, -0.2) is 18.2 Å². The van der Waals surface area contributed by atoms with Gasteiger partial charge in [0.1, 0.15) is 11.9 Å². The first-order valence-electron chi connectivity index (χ1n) is 12.1. The lowest BCUT2D eigenvalue weighted by molar-refractivity contribution is -0.137. The second kappa shape index (κ2) is 12.2. The molecule has 0 aromatic heterocycles. The van der Waals surface area contributed by atoms with Gasteiger partial charge in [0.25, 0.3) is 5.91 Å². The Balaban J connectivity index is 0.00000400. The molecule has 0 aliphatic carbocycles. The third-order valence-electron chi connectivity index (χ3n) is 7.15. The van der Waals surface area contributed by atoms with Crippen LogP contribution in [0.3, 0.4) is 0 Å². The number of nitrogens with zero attached hydrogens (tertiary/aromatic N) is 2. The molecular formula is C25H31ClF3N3O5S. The Kier molecular flexibility index (Phi) is 9.69. The minimum Gasteiger partial charge on any atom is -0.490 e. The van der Waals surface area contributed by atoms with Crippen LogP contribution < -0.4 is 10.2 Å². The monoisotopic (exact) mass is 577 g/mol. The number of benzene rings is 2. The standard InChI is InChI=1S/C25H30F3N3O5S.ClH/c26-25(27,28)20-6-8-21(9-7-20)36-22-10-14-31(15-11-22)37(34,35)24(23(32)29-33)12-16-30(17-13-24)18-19-4-2-1-3-5-19;/h1-9,22,33H,10-18H2,(H,29,32);1H. The zero-order valence-corrected chi connectivity index (χ0v) is 22.2. The summed E-state index contributed by atoms with van der Waals surface area (Å²) in [6, 6.07) is 14.1. The predicted molar refractivity (Wildman–Crippen MR) is 136 cm³/mol. The first kappa shape index (κ1) is 30.2. The van der Waals surface area contributed by atoms with Gasteiger partial charge in [-0.2, -0.15) is 13.2 Å². The molecule has 0 bridgehead atoms. The molecule has 0 spiro atoms. The van der Waals surface area contributed by atoms with E-state index in [2.05, 4.69) is 4.90 Å². The van der Waals surface area contributed by atoms with Crippen LogP contribution in [0, 0.1) is 0 Å². The van der Waals surface area contributed by atoms with E-state index in [1.165, 1.54) is 16.4 Å². The maximum Gasteiger partial charge on any atom is 0.416 e. The highest BCUT2D eigenvalue weighted by Crippen LogP contribution is 2.36. The summed E-state index contributed by atoms with van der Waals surface area (Å²) in [5.74, 6) is -0.661. The third-order valence-corrected chi connectivity index (χ3v) is 9.77. The molecule has 0 atom stereocenters. The van der Waals surface area contributed by atoms with Crippen LogP contribution in [-0.2, 0) is 27.5 Å². The van der Waals surface area contributed by atoms with Gasteiger partial charge >= 0.3 is 6.18 Å². The minimum atomic E-state index is -4.44. The molecule has 2 aliphatic rings. The largest absolute Gasteiger partial charge is 0.490 e. The highest BCUT2D eigenvalue weighted by molar-refractivity contribution is 7.91. The number of sulfonamides is 1. The van der Waals surface area contributed by atoms with E-state index in [-0.39, 0.29) is 50.2 Å². The molecule has 2 aromatic rings. The fourth-order valence-electron chi connectivity index (χ4n) is 4.97. The summed E-state index contributed by atoms with van der Waals surface area (Å²) in [5, 5.41) is 9.40. The number of carbonyl (C=O) groups excluding carboxylic acids is 1. The van der Waals surface area contributed by atoms with Gasteiger partial charge < -0.3 is 4.74 Å². The van der Waals surface area contributed by atoms with E-state index in [0.717, 1.165) is 17.7 Å². The molecule has 2 heterocycles. The average molecular weight is 578 g/mol. The summed E-state index contributed by atoms with van der Waals surface area (Å²) >= 11 is 0. The van der Waals surface area contributed by atoms with Crippen molar-refractivity contribution >= 4 is 28.3 Å². The lowest BCUT2D eigenvalue weighted by Gasteiger charge is -2.43. The van der Waals surface area contributed by atoms with Crippen molar-refractivity contribution in [2.24, 2.45) is 0 Å². The van der Waals surface area contributed by atoms with Gasteiger partial charge in [-0.05, 0) is 55.5 Å². The van der Waals surface area contributed by atoms with E-state index in [0.29, 0.717) is 32.5 Å². The highest BCUT2D eigenvalue weighted by Gasteiger charge is 2.55. The number of alkyl halides is 3. The molecule has 2 N–H and O–H groups in total. The Morgan fingerprint density at radius 3 is 2.11 bits per heavy atom. The van der Waals surface area contributed by atoms with Crippen LogP contribution in [0.2, 0.25) is 0 Å². The number of halogens is 4. The summed E-state index contributed by atoms with van der Waals surface area (Å²) in [6.45, 7) is 1.57. The number of hydroxylamine groups is 1. The first-order valence-corrected chi connectivity index (χ1v) is 13.5. The van der Waals surface area contributed by atoms with Gasteiger partial charge in [0.15, 0.2) is 4.75 Å². The zero-order valence-electron chi connectivity index (χ0n) is 20.6. The first-order chi connectivity index (χ1) is 17.5. The van der Waals surface area contributed by atoms with Crippen molar-refractivity contribution in [2.45, 2.75) is 49.3 Å². The zero-order chi connectivity index (χ0) is 26.7. The van der Waals surface area contributed by atoms with Gasteiger partial charge in [0.05, 0.1) is 5.56 Å². The van der Waals surface area contributed by atoms with Crippen molar-refractivity contribution in [1.82, 2.24) is 14.7 Å². The molecule has 0 saturated carbocycles. The van der Waals surface area contributed by atoms with Crippen LogP contribution in [0.15, 0.2) is 54.6 Å². The topological polar surface area (TPSA) is 99.2 Å². The summed E-state index contributed by atoms with van der Waals surface area (Å²) in [7, 11) is -4.12. The molecule has 2 fully saturated rings. The molecule has 2 saturated heterocycles. The molecule has 38 heavy (non-hydrogen) atoms.